The van der Waals surface area contributed by atoms with Gasteiger partial charge in [0, 0.05) is 36.2 Å². The zero-order valence-electron chi connectivity index (χ0n) is 15.4. The van der Waals surface area contributed by atoms with Gasteiger partial charge in [-0.05, 0) is 65.5 Å². The number of rotatable bonds is 3. The number of carbonyl (C=O) groups is 2. The van der Waals surface area contributed by atoms with E-state index in [1.165, 1.54) is 0 Å². The number of amides is 2. The number of hydrogen-bond donors (Lipinski definition) is 1. The smallest absolute Gasteiger partial charge is 0.274 e. The van der Waals surface area contributed by atoms with Gasteiger partial charge in [0.05, 0.1) is 5.92 Å². The van der Waals surface area contributed by atoms with Gasteiger partial charge < -0.3 is 14.6 Å². The minimum Gasteiger partial charge on any atom is -0.336 e. The van der Waals surface area contributed by atoms with Crippen molar-refractivity contribution in [3.05, 3.63) is 58.6 Å². The van der Waals surface area contributed by atoms with Gasteiger partial charge in [0.25, 0.3) is 5.91 Å². The molecule has 144 valence electrons. The number of nitrogens with one attached hydrogen (secondary N) is 1. The lowest BCUT2D eigenvalue weighted by molar-refractivity contribution is -0.121. The molecular formula is C20H20BrN5O2. The maximum absolute atomic E-state index is 12.9. The summed E-state index contributed by atoms with van der Waals surface area (Å²) < 4.78 is 2.69. The lowest BCUT2D eigenvalue weighted by atomic mass is 9.97. The van der Waals surface area contributed by atoms with Crippen molar-refractivity contribution in [1.29, 1.82) is 0 Å². The van der Waals surface area contributed by atoms with E-state index in [0.717, 1.165) is 28.5 Å². The van der Waals surface area contributed by atoms with Crippen LogP contribution in [0.2, 0.25) is 0 Å². The van der Waals surface area contributed by atoms with Crippen molar-refractivity contribution in [2.45, 2.75) is 19.8 Å². The molecule has 1 aliphatic heterocycles. The highest BCUT2D eigenvalue weighted by Crippen LogP contribution is 2.21. The van der Waals surface area contributed by atoms with E-state index in [0.29, 0.717) is 24.6 Å². The first-order valence-corrected chi connectivity index (χ1v) is 9.96. The van der Waals surface area contributed by atoms with E-state index in [9.17, 15) is 9.59 Å². The maximum Gasteiger partial charge on any atom is 0.274 e. The van der Waals surface area contributed by atoms with Crippen LogP contribution in [-0.4, -0.2) is 44.2 Å². The van der Waals surface area contributed by atoms with Gasteiger partial charge in [-0.25, -0.2) is 9.97 Å². The van der Waals surface area contributed by atoms with Crippen LogP contribution in [0.5, 0.6) is 0 Å². The van der Waals surface area contributed by atoms with Crippen molar-refractivity contribution < 1.29 is 9.59 Å². The number of halogens is 1. The van der Waals surface area contributed by atoms with Gasteiger partial charge in [-0.3, -0.25) is 9.59 Å². The summed E-state index contributed by atoms with van der Waals surface area (Å²) in [6.07, 6.45) is 6.80. The molecule has 0 bridgehead atoms. The summed E-state index contributed by atoms with van der Waals surface area (Å²) in [7, 11) is 0. The molecule has 2 amide bonds. The summed E-state index contributed by atoms with van der Waals surface area (Å²) in [6.45, 7) is 3.00. The second-order valence-corrected chi connectivity index (χ2v) is 7.95. The zero-order chi connectivity index (χ0) is 19.7. The predicted octanol–water partition coefficient (Wildman–Crippen LogP) is 3.29. The number of aromatic nitrogens is 3. The Labute approximate surface area is 170 Å². The summed E-state index contributed by atoms with van der Waals surface area (Å²) in [5.74, 6) is -0.00615. The number of carbonyl (C=O) groups excluding carboxylic acids is 2. The first-order valence-electron chi connectivity index (χ1n) is 9.16. The lowest BCUT2D eigenvalue weighted by Crippen LogP contribution is -2.44. The second-order valence-electron chi connectivity index (χ2n) is 7.04. The Hall–Kier alpha value is -2.74. The molecule has 28 heavy (non-hydrogen) atoms. The fourth-order valence-electron chi connectivity index (χ4n) is 3.40. The summed E-state index contributed by atoms with van der Waals surface area (Å²) in [5.41, 5.74) is 2.24. The van der Waals surface area contributed by atoms with Crippen LogP contribution >= 0.6 is 15.9 Å². The molecule has 1 aliphatic rings. The Bertz CT molecular complexity index is 1030. The Morgan fingerprint density at radius 2 is 2.14 bits per heavy atom. The first-order chi connectivity index (χ1) is 13.5. The van der Waals surface area contributed by atoms with E-state index in [4.69, 9.17) is 0 Å². The van der Waals surface area contributed by atoms with Crippen LogP contribution in [0, 0.1) is 12.8 Å². The van der Waals surface area contributed by atoms with Crippen LogP contribution in [0.3, 0.4) is 0 Å². The van der Waals surface area contributed by atoms with Crippen molar-refractivity contribution in [3.8, 4) is 0 Å². The molecule has 0 unspecified atom stereocenters. The molecule has 4 heterocycles. The molecule has 1 saturated heterocycles. The second kappa shape index (κ2) is 7.71. The fourth-order valence-corrected chi connectivity index (χ4v) is 3.64. The normalized spacial score (nSPS) is 16.9. The Kier molecular flexibility index (Phi) is 5.13. The minimum atomic E-state index is -0.262. The molecule has 0 aliphatic carbocycles. The number of aryl methyl sites for hydroxylation is 1. The van der Waals surface area contributed by atoms with Crippen molar-refractivity contribution in [3.63, 3.8) is 0 Å². The Morgan fingerprint density at radius 1 is 1.29 bits per heavy atom. The predicted molar refractivity (Wildman–Crippen MR) is 109 cm³/mol. The molecule has 0 radical (unpaired) electrons. The molecule has 0 saturated carbocycles. The number of likely N-dealkylation sites (tertiary alicyclic amines) is 1. The number of anilines is 1. The Morgan fingerprint density at radius 3 is 2.93 bits per heavy atom. The molecule has 3 aromatic rings. The van der Waals surface area contributed by atoms with E-state index >= 15 is 0 Å². The average Bonchev–Trinajstić information content (AvgIpc) is 3.12. The molecule has 1 atom stereocenters. The molecule has 4 rings (SSSR count). The number of pyridine rings is 2. The standard InChI is InChI=1S/C20H20BrN5O2/c1-13-6-8-25-12-16(23-18(25)9-13)20(28)26-7-2-3-14(11-26)19(27)24-17-5-4-15(21)10-22-17/h4-6,8-10,12,14H,2-3,7,11H2,1H3,(H,22,24,27)/t14-/m0/s1. The summed E-state index contributed by atoms with van der Waals surface area (Å²) >= 11 is 3.32. The van der Waals surface area contributed by atoms with Crippen LogP contribution in [0.15, 0.2) is 47.3 Å². The van der Waals surface area contributed by atoms with E-state index in [2.05, 4.69) is 31.2 Å². The molecule has 3 aromatic heterocycles. The number of hydrogen-bond acceptors (Lipinski definition) is 4. The fraction of sp³-hybridized carbons (Fsp3) is 0.300. The molecule has 8 heteroatoms. The number of piperidine rings is 1. The van der Waals surface area contributed by atoms with E-state index in [1.807, 2.05) is 35.7 Å². The third-order valence-corrected chi connectivity index (χ3v) is 5.36. The molecule has 0 aromatic carbocycles. The highest BCUT2D eigenvalue weighted by molar-refractivity contribution is 9.10. The van der Waals surface area contributed by atoms with Crippen LogP contribution in [-0.2, 0) is 4.79 Å². The van der Waals surface area contributed by atoms with E-state index in [1.54, 1.807) is 23.4 Å². The molecule has 1 fully saturated rings. The lowest BCUT2D eigenvalue weighted by Gasteiger charge is -2.31. The van der Waals surface area contributed by atoms with Gasteiger partial charge >= 0.3 is 0 Å². The summed E-state index contributed by atoms with van der Waals surface area (Å²) in [5, 5.41) is 2.84. The molecular weight excluding hydrogens is 422 g/mol. The van der Waals surface area contributed by atoms with Crippen LogP contribution in [0.25, 0.3) is 5.65 Å². The summed E-state index contributed by atoms with van der Waals surface area (Å²) in [6, 6.07) is 7.48. The van der Waals surface area contributed by atoms with E-state index in [-0.39, 0.29) is 17.7 Å². The topological polar surface area (TPSA) is 79.6 Å². The minimum absolute atomic E-state index is 0.113. The van der Waals surface area contributed by atoms with Gasteiger partial charge in [0.2, 0.25) is 5.91 Å². The van der Waals surface area contributed by atoms with Crippen LogP contribution < -0.4 is 5.32 Å². The maximum atomic E-state index is 12.9. The number of imidazole rings is 1. The zero-order valence-corrected chi connectivity index (χ0v) is 17.0. The van der Waals surface area contributed by atoms with Gasteiger partial charge in [-0.2, -0.15) is 0 Å². The van der Waals surface area contributed by atoms with Crippen molar-refractivity contribution in [2.75, 3.05) is 18.4 Å². The van der Waals surface area contributed by atoms with Gasteiger partial charge in [-0.15, -0.1) is 0 Å². The number of nitrogens with zero attached hydrogens (tertiary/aromatic N) is 4. The highest BCUT2D eigenvalue weighted by Gasteiger charge is 2.30. The van der Waals surface area contributed by atoms with Crippen molar-refractivity contribution in [2.24, 2.45) is 5.92 Å². The first kappa shape index (κ1) is 18.6. The molecule has 7 nitrogen and oxygen atoms in total. The van der Waals surface area contributed by atoms with Crippen molar-refractivity contribution >= 4 is 39.2 Å². The average molecular weight is 442 g/mol. The molecule has 0 spiro atoms. The highest BCUT2D eigenvalue weighted by atomic mass is 79.9. The third kappa shape index (κ3) is 3.91. The third-order valence-electron chi connectivity index (χ3n) is 4.89. The SMILES string of the molecule is Cc1ccn2cc(C(=O)N3CCC[C@H](C(=O)Nc4ccc(Br)cn4)C3)nc2c1. The van der Waals surface area contributed by atoms with Crippen molar-refractivity contribution in [1.82, 2.24) is 19.3 Å². The quantitative estimate of drug-likeness (QED) is 0.675. The molecule has 1 N–H and O–H groups in total. The van der Waals surface area contributed by atoms with Gasteiger partial charge in [-0.1, -0.05) is 0 Å². The monoisotopic (exact) mass is 441 g/mol. The number of fused-ring (bicyclic) bond motifs is 1. The Balaban J connectivity index is 1.45. The van der Waals surface area contributed by atoms with Crippen LogP contribution in [0.1, 0.15) is 28.9 Å². The summed E-state index contributed by atoms with van der Waals surface area (Å²) in [4.78, 5) is 35.9. The van der Waals surface area contributed by atoms with Gasteiger partial charge in [0.1, 0.15) is 17.2 Å². The van der Waals surface area contributed by atoms with Crippen LogP contribution in [0.4, 0.5) is 5.82 Å². The largest absolute Gasteiger partial charge is 0.336 e. The van der Waals surface area contributed by atoms with E-state index < -0.39 is 0 Å². The van der Waals surface area contributed by atoms with Gasteiger partial charge in [0.15, 0.2) is 0 Å².